The highest BCUT2D eigenvalue weighted by molar-refractivity contribution is 7.17. The van der Waals surface area contributed by atoms with Gasteiger partial charge in [0.05, 0.1) is 12.3 Å². The molecule has 0 aliphatic carbocycles. The van der Waals surface area contributed by atoms with E-state index in [1.165, 1.54) is 11.3 Å². The SMILES string of the molecule is Cc1nc(-c2cccc(OCCCCN(C)C)c2)sc1C(=O)N=C(N)N. The van der Waals surface area contributed by atoms with Crippen LogP contribution in [0.15, 0.2) is 29.3 Å². The Bertz CT molecular complexity index is 782. The van der Waals surface area contributed by atoms with Crippen LogP contribution < -0.4 is 16.2 Å². The van der Waals surface area contributed by atoms with Crippen LogP contribution in [0.25, 0.3) is 10.6 Å². The molecule has 1 amide bonds. The molecule has 0 atom stereocenters. The monoisotopic (exact) mass is 375 g/mol. The number of benzene rings is 1. The minimum Gasteiger partial charge on any atom is -0.494 e. The second-order valence-corrected chi connectivity index (χ2v) is 7.16. The highest BCUT2D eigenvalue weighted by atomic mass is 32.1. The Morgan fingerprint density at radius 1 is 1.31 bits per heavy atom. The summed E-state index contributed by atoms with van der Waals surface area (Å²) >= 11 is 1.27. The number of aromatic nitrogens is 1. The fourth-order valence-electron chi connectivity index (χ4n) is 2.33. The van der Waals surface area contributed by atoms with Crippen LogP contribution in [0.5, 0.6) is 5.75 Å². The van der Waals surface area contributed by atoms with Gasteiger partial charge in [-0.15, -0.1) is 11.3 Å². The van der Waals surface area contributed by atoms with Gasteiger partial charge in [-0.3, -0.25) is 4.79 Å². The molecule has 0 unspecified atom stereocenters. The van der Waals surface area contributed by atoms with Crippen LogP contribution in [-0.4, -0.2) is 49.0 Å². The van der Waals surface area contributed by atoms with Crippen molar-refractivity contribution in [3.8, 4) is 16.3 Å². The highest BCUT2D eigenvalue weighted by Gasteiger charge is 2.16. The number of carbonyl (C=O) groups excluding carboxylic acids is 1. The highest BCUT2D eigenvalue weighted by Crippen LogP contribution is 2.30. The standard InChI is InChI=1S/C18H25N5O2S/c1-12-15(16(24)22-18(19)20)26-17(21-12)13-7-6-8-14(11-13)25-10-5-4-9-23(2)3/h6-8,11H,4-5,9-10H2,1-3H3,(H4,19,20,22,24). The molecule has 7 nitrogen and oxygen atoms in total. The Labute approximate surface area is 157 Å². The third-order valence-corrected chi connectivity index (χ3v) is 4.77. The number of nitrogens with two attached hydrogens (primary N) is 2. The van der Waals surface area contributed by atoms with Gasteiger partial charge >= 0.3 is 0 Å². The first-order chi connectivity index (χ1) is 12.4. The van der Waals surface area contributed by atoms with Crippen molar-refractivity contribution in [1.82, 2.24) is 9.88 Å². The summed E-state index contributed by atoms with van der Waals surface area (Å²) in [6, 6.07) is 7.70. The lowest BCUT2D eigenvalue weighted by molar-refractivity contribution is 0.101. The quantitative estimate of drug-likeness (QED) is 0.416. The van der Waals surface area contributed by atoms with Gasteiger partial charge in [-0.05, 0) is 52.5 Å². The Balaban J connectivity index is 2.06. The van der Waals surface area contributed by atoms with Crippen LogP contribution in [-0.2, 0) is 0 Å². The van der Waals surface area contributed by atoms with E-state index in [2.05, 4.69) is 29.0 Å². The number of hydrogen-bond donors (Lipinski definition) is 2. The lowest BCUT2D eigenvalue weighted by Crippen LogP contribution is -2.24. The summed E-state index contributed by atoms with van der Waals surface area (Å²) in [7, 11) is 4.12. The molecule has 0 aliphatic rings. The number of guanidine groups is 1. The molecular formula is C18H25N5O2S. The average molecular weight is 375 g/mol. The summed E-state index contributed by atoms with van der Waals surface area (Å²) < 4.78 is 5.82. The van der Waals surface area contributed by atoms with Crippen molar-refractivity contribution in [3.63, 3.8) is 0 Å². The number of ether oxygens (including phenoxy) is 1. The van der Waals surface area contributed by atoms with Gasteiger partial charge in [0.25, 0.3) is 5.91 Å². The Hall–Kier alpha value is -2.45. The van der Waals surface area contributed by atoms with Crippen molar-refractivity contribution in [2.75, 3.05) is 27.2 Å². The first-order valence-electron chi connectivity index (χ1n) is 8.36. The van der Waals surface area contributed by atoms with E-state index in [1.54, 1.807) is 6.92 Å². The van der Waals surface area contributed by atoms with E-state index in [-0.39, 0.29) is 5.96 Å². The van der Waals surface area contributed by atoms with Gasteiger partial charge in [-0.1, -0.05) is 12.1 Å². The topological polar surface area (TPSA) is 107 Å². The lowest BCUT2D eigenvalue weighted by Gasteiger charge is -2.10. The fourth-order valence-corrected chi connectivity index (χ4v) is 3.27. The number of rotatable bonds is 8. The van der Waals surface area contributed by atoms with Crippen molar-refractivity contribution >= 4 is 23.2 Å². The second kappa shape index (κ2) is 9.30. The Morgan fingerprint density at radius 2 is 2.08 bits per heavy atom. The molecule has 26 heavy (non-hydrogen) atoms. The molecule has 0 saturated carbocycles. The Morgan fingerprint density at radius 3 is 2.77 bits per heavy atom. The van der Waals surface area contributed by atoms with E-state index < -0.39 is 5.91 Å². The largest absolute Gasteiger partial charge is 0.494 e. The van der Waals surface area contributed by atoms with E-state index in [4.69, 9.17) is 16.2 Å². The first-order valence-corrected chi connectivity index (χ1v) is 9.18. The van der Waals surface area contributed by atoms with E-state index in [1.807, 2.05) is 24.3 Å². The maximum Gasteiger partial charge on any atom is 0.292 e. The molecule has 0 fully saturated rings. The molecule has 2 aromatic rings. The number of aliphatic imine (C=N–C) groups is 1. The molecule has 1 aromatic carbocycles. The second-order valence-electron chi connectivity index (χ2n) is 6.16. The number of aryl methyl sites for hydroxylation is 1. The summed E-state index contributed by atoms with van der Waals surface area (Å²) in [6.45, 7) is 3.48. The zero-order valence-corrected chi connectivity index (χ0v) is 16.2. The van der Waals surface area contributed by atoms with Gasteiger partial charge < -0.3 is 21.1 Å². The van der Waals surface area contributed by atoms with E-state index in [0.29, 0.717) is 17.2 Å². The van der Waals surface area contributed by atoms with Gasteiger partial charge in [-0.2, -0.15) is 4.99 Å². The minimum atomic E-state index is -0.473. The summed E-state index contributed by atoms with van der Waals surface area (Å²) in [5.41, 5.74) is 12.1. The molecule has 1 aromatic heterocycles. The molecule has 0 spiro atoms. The number of thiazole rings is 1. The van der Waals surface area contributed by atoms with Crippen molar-refractivity contribution in [2.45, 2.75) is 19.8 Å². The van der Waals surface area contributed by atoms with E-state index in [0.717, 1.165) is 35.7 Å². The van der Waals surface area contributed by atoms with Gasteiger partial charge in [0.15, 0.2) is 5.96 Å². The third-order valence-electron chi connectivity index (χ3n) is 3.57. The molecule has 0 bridgehead atoms. The van der Waals surface area contributed by atoms with Crippen molar-refractivity contribution in [2.24, 2.45) is 16.5 Å². The maximum absolute atomic E-state index is 12.0. The van der Waals surface area contributed by atoms with E-state index in [9.17, 15) is 4.79 Å². The van der Waals surface area contributed by atoms with Crippen molar-refractivity contribution in [1.29, 1.82) is 0 Å². The van der Waals surface area contributed by atoms with Crippen LogP contribution in [0.4, 0.5) is 0 Å². The number of nitrogens with zero attached hydrogens (tertiary/aromatic N) is 3. The van der Waals surface area contributed by atoms with Gasteiger partial charge in [0, 0.05) is 5.56 Å². The number of carbonyl (C=O) groups is 1. The third kappa shape index (κ3) is 5.82. The van der Waals surface area contributed by atoms with Crippen LogP contribution in [0.3, 0.4) is 0 Å². The molecule has 0 radical (unpaired) electrons. The van der Waals surface area contributed by atoms with Crippen molar-refractivity contribution in [3.05, 3.63) is 34.8 Å². The molecule has 8 heteroatoms. The predicted octanol–water partition coefficient (Wildman–Crippen LogP) is 2.25. The van der Waals surface area contributed by atoms with Gasteiger partial charge in [-0.25, -0.2) is 4.98 Å². The normalized spacial score (nSPS) is 10.8. The van der Waals surface area contributed by atoms with Crippen LogP contribution in [0.1, 0.15) is 28.2 Å². The number of amides is 1. The van der Waals surface area contributed by atoms with E-state index >= 15 is 0 Å². The fraction of sp³-hybridized carbons (Fsp3) is 0.389. The summed E-state index contributed by atoms with van der Waals surface area (Å²) in [5, 5.41) is 0.731. The molecule has 2 rings (SSSR count). The van der Waals surface area contributed by atoms with Crippen LogP contribution >= 0.6 is 11.3 Å². The van der Waals surface area contributed by atoms with Crippen LogP contribution in [0.2, 0.25) is 0 Å². The summed E-state index contributed by atoms with van der Waals surface area (Å²) in [4.78, 5) is 22.7. The molecule has 0 saturated heterocycles. The maximum atomic E-state index is 12.0. The van der Waals surface area contributed by atoms with Gasteiger partial charge in [0.1, 0.15) is 15.6 Å². The minimum absolute atomic E-state index is 0.256. The zero-order chi connectivity index (χ0) is 19.1. The predicted molar refractivity (Wildman–Crippen MR) is 106 cm³/mol. The zero-order valence-electron chi connectivity index (χ0n) is 15.4. The molecule has 1 heterocycles. The summed E-state index contributed by atoms with van der Waals surface area (Å²) in [6.07, 6.45) is 2.09. The molecule has 4 N–H and O–H groups in total. The Kier molecular flexibility index (Phi) is 7.11. The number of hydrogen-bond acceptors (Lipinski definition) is 5. The molecule has 140 valence electrons. The first kappa shape index (κ1) is 19.9. The average Bonchev–Trinajstić information content (AvgIpc) is 2.96. The summed E-state index contributed by atoms with van der Waals surface area (Å²) in [5.74, 6) is 0.0610. The van der Waals surface area contributed by atoms with Crippen LogP contribution in [0, 0.1) is 6.92 Å². The number of unbranched alkanes of at least 4 members (excludes halogenated alkanes) is 1. The van der Waals surface area contributed by atoms with Crippen molar-refractivity contribution < 1.29 is 9.53 Å². The van der Waals surface area contributed by atoms with Gasteiger partial charge in [0.2, 0.25) is 0 Å². The molecule has 0 aliphatic heterocycles. The molecular weight excluding hydrogens is 350 g/mol. The smallest absolute Gasteiger partial charge is 0.292 e. The lowest BCUT2D eigenvalue weighted by atomic mass is 10.2.